The topological polar surface area (TPSA) is 75.6 Å². The summed E-state index contributed by atoms with van der Waals surface area (Å²) in [6.07, 6.45) is 3.27. The number of aliphatic carboxylic acids is 1. The number of rotatable bonds is 7. The fourth-order valence-electron chi connectivity index (χ4n) is 2.24. The molecular weight excluding hydrogens is 342 g/mol. The first-order chi connectivity index (χ1) is 12.0. The average Bonchev–Trinajstić information content (AvgIpc) is 2.60. The molecule has 6 heteroatoms. The van der Waals surface area contributed by atoms with E-state index in [0.29, 0.717) is 29.3 Å². The van der Waals surface area contributed by atoms with Crippen LogP contribution in [-0.2, 0) is 11.2 Å². The van der Waals surface area contributed by atoms with Crippen LogP contribution in [0.3, 0.4) is 0 Å². The summed E-state index contributed by atoms with van der Waals surface area (Å²) < 4.78 is 5.17. The number of methoxy groups -OCH3 is 1. The van der Waals surface area contributed by atoms with Gasteiger partial charge in [-0.05, 0) is 41.8 Å². The van der Waals surface area contributed by atoms with Gasteiger partial charge in [-0.2, -0.15) is 0 Å². The first-order valence-electron chi connectivity index (χ1n) is 7.61. The molecule has 5 nitrogen and oxygen atoms in total. The van der Waals surface area contributed by atoms with Crippen molar-refractivity contribution in [3.63, 3.8) is 0 Å². The summed E-state index contributed by atoms with van der Waals surface area (Å²) in [6, 6.07) is 12.3. The van der Waals surface area contributed by atoms with Crippen molar-refractivity contribution in [2.75, 3.05) is 13.7 Å². The fourth-order valence-corrected chi connectivity index (χ4v) is 2.41. The van der Waals surface area contributed by atoms with Crippen LogP contribution >= 0.6 is 11.6 Å². The summed E-state index contributed by atoms with van der Waals surface area (Å²) in [5.74, 6) is -0.764. The van der Waals surface area contributed by atoms with Crippen LogP contribution in [0.1, 0.15) is 21.5 Å². The number of carboxylic acids is 1. The summed E-state index contributed by atoms with van der Waals surface area (Å²) in [6.45, 7) is 0.457. The SMILES string of the molecule is COc1ccc(Cl)cc1C(=O)NCCc1ccc(C=CC(=O)O)cc1. The zero-order chi connectivity index (χ0) is 18.2. The van der Waals surface area contributed by atoms with Crippen molar-refractivity contribution >= 4 is 29.6 Å². The quantitative estimate of drug-likeness (QED) is 0.743. The number of hydrogen-bond acceptors (Lipinski definition) is 3. The number of carbonyl (C=O) groups is 2. The van der Waals surface area contributed by atoms with Gasteiger partial charge >= 0.3 is 5.97 Å². The minimum absolute atomic E-state index is 0.250. The molecule has 0 radical (unpaired) electrons. The van der Waals surface area contributed by atoms with Gasteiger partial charge in [0.1, 0.15) is 5.75 Å². The second kappa shape index (κ2) is 8.89. The molecule has 2 rings (SSSR count). The predicted molar refractivity (Wildman–Crippen MR) is 97.2 cm³/mol. The van der Waals surface area contributed by atoms with Crippen molar-refractivity contribution in [1.29, 1.82) is 0 Å². The molecule has 0 aromatic heterocycles. The molecule has 130 valence electrons. The molecule has 2 aromatic carbocycles. The molecule has 0 aliphatic heterocycles. The summed E-state index contributed by atoms with van der Waals surface area (Å²) >= 11 is 5.93. The van der Waals surface area contributed by atoms with Gasteiger partial charge in [0.15, 0.2) is 0 Å². The van der Waals surface area contributed by atoms with E-state index < -0.39 is 5.97 Å². The minimum atomic E-state index is -0.983. The molecule has 0 fully saturated rings. The van der Waals surface area contributed by atoms with E-state index in [-0.39, 0.29) is 5.91 Å². The number of benzene rings is 2. The van der Waals surface area contributed by atoms with E-state index in [1.807, 2.05) is 24.3 Å². The monoisotopic (exact) mass is 359 g/mol. The third-order valence-electron chi connectivity index (χ3n) is 3.50. The number of amides is 1. The van der Waals surface area contributed by atoms with Gasteiger partial charge in [-0.1, -0.05) is 35.9 Å². The van der Waals surface area contributed by atoms with Crippen LogP contribution in [0.25, 0.3) is 6.08 Å². The fraction of sp³-hybridized carbons (Fsp3) is 0.158. The molecule has 0 heterocycles. The Bertz CT molecular complexity index is 785. The molecule has 2 aromatic rings. The van der Waals surface area contributed by atoms with E-state index in [2.05, 4.69) is 5.32 Å². The van der Waals surface area contributed by atoms with Gasteiger partial charge in [0, 0.05) is 17.6 Å². The Morgan fingerprint density at radius 3 is 2.56 bits per heavy atom. The Hall–Kier alpha value is -2.79. The smallest absolute Gasteiger partial charge is 0.328 e. The van der Waals surface area contributed by atoms with Gasteiger partial charge in [0.2, 0.25) is 0 Å². The highest BCUT2D eigenvalue weighted by molar-refractivity contribution is 6.31. The van der Waals surface area contributed by atoms with Crippen molar-refractivity contribution in [1.82, 2.24) is 5.32 Å². The van der Waals surface area contributed by atoms with E-state index in [1.165, 1.54) is 13.2 Å². The predicted octanol–water partition coefficient (Wildman–Crippen LogP) is 3.42. The standard InChI is InChI=1S/C19H18ClNO4/c1-25-17-8-7-15(20)12-16(17)19(24)21-11-10-14-4-2-13(3-5-14)6-9-18(22)23/h2-9,12H,10-11H2,1H3,(H,21,24)(H,22,23). The third-order valence-corrected chi connectivity index (χ3v) is 3.74. The largest absolute Gasteiger partial charge is 0.496 e. The Kier molecular flexibility index (Phi) is 6.60. The number of halogens is 1. The molecule has 0 saturated carbocycles. The Labute approximate surface area is 150 Å². The number of ether oxygens (including phenoxy) is 1. The normalized spacial score (nSPS) is 10.6. The highest BCUT2D eigenvalue weighted by Gasteiger charge is 2.12. The van der Waals surface area contributed by atoms with Crippen LogP contribution in [0.15, 0.2) is 48.5 Å². The van der Waals surface area contributed by atoms with Crippen molar-refractivity contribution in [3.05, 3.63) is 70.3 Å². The maximum Gasteiger partial charge on any atom is 0.328 e. The summed E-state index contributed by atoms with van der Waals surface area (Å²) in [7, 11) is 1.50. The number of carbonyl (C=O) groups excluding carboxylic acids is 1. The van der Waals surface area contributed by atoms with Crippen molar-refractivity contribution in [2.45, 2.75) is 6.42 Å². The van der Waals surface area contributed by atoms with Crippen LogP contribution < -0.4 is 10.1 Å². The molecule has 1 amide bonds. The van der Waals surface area contributed by atoms with Gasteiger partial charge in [0.25, 0.3) is 5.91 Å². The van der Waals surface area contributed by atoms with Crippen molar-refractivity contribution in [3.8, 4) is 5.75 Å². The molecule has 0 aliphatic carbocycles. The molecule has 25 heavy (non-hydrogen) atoms. The third kappa shape index (κ3) is 5.65. The molecular formula is C19H18ClNO4. The van der Waals surface area contributed by atoms with Crippen LogP contribution in [0, 0.1) is 0 Å². The highest BCUT2D eigenvalue weighted by atomic mass is 35.5. The lowest BCUT2D eigenvalue weighted by atomic mass is 10.1. The zero-order valence-corrected chi connectivity index (χ0v) is 14.4. The molecule has 0 bridgehead atoms. The molecule has 0 unspecified atom stereocenters. The lowest BCUT2D eigenvalue weighted by molar-refractivity contribution is -0.131. The minimum Gasteiger partial charge on any atom is -0.496 e. The molecule has 0 atom stereocenters. The van der Waals surface area contributed by atoms with Crippen molar-refractivity contribution < 1.29 is 19.4 Å². The van der Waals surface area contributed by atoms with Crippen LogP contribution in [0.5, 0.6) is 5.75 Å². The molecule has 0 aliphatic rings. The second-order valence-electron chi connectivity index (χ2n) is 5.26. The number of hydrogen-bond donors (Lipinski definition) is 2. The maximum atomic E-state index is 12.3. The number of carboxylic acid groups (broad SMARTS) is 1. The first kappa shape index (κ1) is 18.5. The van der Waals surface area contributed by atoms with Crippen molar-refractivity contribution in [2.24, 2.45) is 0 Å². The van der Waals surface area contributed by atoms with E-state index in [1.54, 1.807) is 18.2 Å². The summed E-state index contributed by atoms with van der Waals surface area (Å²) in [5, 5.41) is 11.9. The molecule has 0 spiro atoms. The van der Waals surface area contributed by atoms with Gasteiger partial charge in [-0.3, -0.25) is 4.79 Å². The van der Waals surface area contributed by atoms with Gasteiger partial charge in [-0.25, -0.2) is 4.79 Å². The first-order valence-corrected chi connectivity index (χ1v) is 7.99. The Morgan fingerprint density at radius 2 is 1.92 bits per heavy atom. The van der Waals surface area contributed by atoms with Gasteiger partial charge < -0.3 is 15.2 Å². The lowest BCUT2D eigenvalue weighted by Crippen LogP contribution is -2.26. The highest BCUT2D eigenvalue weighted by Crippen LogP contribution is 2.22. The Morgan fingerprint density at radius 1 is 1.20 bits per heavy atom. The Balaban J connectivity index is 1.91. The van der Waals surface area contributed by atoms with Crippen LogP contribution in [0.4, 0.5) is 0 Å². The van der Waals surface area contributed by atoms with Gasteiger partial charge in [-0.15, -0.1) is 0 Å². The van der Waals surface area contributed by atoms with E-state index in [0.717, 1.165) is 17.2 Å². The number of nitrogens with one attached hydrogen (secondary N) is 1. The van der Waals surface area contributed by atoms with Crippen LogP contribution in [-0.4, -0.2) is 30.6 Å². The van der Waals surface area contributed by atoms with E-state index in [9.17, 15) is 9.59 Å². The summed E-state index contributed by atoms with van der Waals surface area (Å²) in [5.41, 5.74) is 2.23. The average molecular weight is 360 g/mol. The van der Waals surface area contributed by atoms with E-state index >= 15 is 0 Å². The van der Waals surface area contributed by atoms with Crippen LogP contribution in [0.2, 0.25) is 5.02 Å². The van der Waals surface area contributed by atoms with E-state index in [4.69, 9.17) is 21.4 Å². The zero-order valence-electron chi connectivity index (χ0n) is 13.7. The summed E-state index contributed by atoms with van der Waals surface area (Å²) in [4.78, 5) is 22.7. The molecule has 0 saturated heterocycles. The second-order valence-corrected chi connectivity index (χ2v) is 5.70. The lowest BCUT2D eigenvalue weighted by Gasteiger charge is -2.10. The maximum absolute atomic E-state index is 12.3. The van der Waals surface area contributed by atoms with Gasteiger partial charge in [0.05, 0.1) is 12.7 Å². The molecule has 2 N–H and O–H groups in total.